The SMILES string of the molecule is CCN1C(=O)/C(=C/c2ccc(OCc3ccc(C4CCCCC4)cc3)cc2)S/C1=N/c1ccc(CC(=O)O)cc1. The van der Waals surface area contributed by atoms with Gasteiger partial charge in [0.05, 0.1) is 17.0 Å². The number of thioether (sulfide) groups is 1. The van der Waals surface area contributed by atoms with Crippen LogP contribution in [0.2, 0.25) is 0 Å². The summed E-state index contributed by atoms with van der Waals surface area (Å²) in [5.74, 6) is 0.541. The van der Waals surface area contributed by atoms with Crippen molar-refractivity contribution >= 4 is 40.6 Å². The van der Waals surface area contributed by atoms with Gasteiger partial charge in [-0.2, -0.15) is 0 Å². The van der Waals surface area contributed by atoms with Gasteiger partial charge in [0.25, 0.3) is 5.91 Å². The molecular weight excluding hydrogens is 520 g/mol. The minimum Gasteiger partial charge on any atom is -0.489 e. The van der Waals surface area contributed by atoms with E-state index in [4.69, 9.17) is 9.84 Å². The Hall–Kier alpha value is -3.84. The first kappa shape index (κ1) is 27.7. The van der Waals surface area contributed by atoms with Gasteiger partial charge < -0.3 is 9.84 Å². The van der Waals surface area contributed by atoms with Gasteiger partial charge in [0.15, 0.2) is 5.17 Å². The third-order valence-electron chi connectivity index (χ3n) is 7.36. The Morgan fingerprint density at radius 3 is 2.30 bits per heavy atom. The molecule has 3 aromatic rings. The van der Waals surface area contributed by atoms with Gasteiger partial charge in [-0.05, 0) is 90.0 Å². The van der Waals surface area contributed by atoms with Crippen molar-refractivity contribution < 1.29 is 19.4 Å². The lowest BCUT2D eigenvalue weighted by Crippen LogP contribution is -2.28. The highest BCUT2D eigenvalue weighted by molar-refractivity contribution is 8.18. The van der Waals surface area contributed by atoms with Gasteiger partial charge in [-0.25, -0.2) is 4.99 Å². The molecular formula is C33H34N2O4S. The van der Waals surface area contributed by atoms with Crippen LogP contribution in [0.1, 0.15) is 67.2 Å². The number of nitrogens with zero attached hydrogens (tertiary/aromatic N) is 2. The predicted molar refractivity (Wildman–Crippen MR) is 161 cm³/mol. The second kappa shape index (κ2) is 13.0. The van der Waals surface area contributed by atoms with E-state index in [0.717, 1.165) is 16.9 Å². The van der Waals surface area contributed by atoms with Crippen LogP contribution >= 0.6 is 11.8 Å². The maximum Gasteiger partial charge on any atom is 0.307 e. The molecule has 2 fully saturated rings. The van der Waals surface area contributed by atoms with Crippen LogP contribution in [0.5, 0.6) is 5.75 Å². The molecule has 5 rings (SSSR count). The summed E-state index contributed by atoms with van der Waals surface area (Å²) in [6.07, 6.45) is 8.50. The fourth-order valence-corrected chi connectivity index (χ4v) is 6.21. The zero-order valence-corrected chi connectivity index (χ0v) is 23.5. The highest BCUT2D eigenvalue weighted by atomic mass is 32.2. The Labute approximate surface area is 239 Å². The van der Waals surface area contributed by atoms with E-state index in [1.165, 1.54) is 49.4 Å². The Morgan fingerprint density at radius 2 is 1.65 bits per heavy atom. The molecule has 1 heterocycles. The maximum absolute atomic E-state index is 13.0. The van der Waals surface area contributed by atoms with Crippen molar-refractivity contribution in [3.63, 3.8) is 0 Å². The van der Waals surface area contributed by atoms with E-state index in [1.54, 1.807) is 29.2 Å². The van der Waals surface area contributed by atoms with E-state index in [9.17, 15) is 9.59 Å². The van der Waals surface area contributed by atoms with E-state index in [2.05, 4.69) is 29.3 Å². The highest BCUT2D eigenvalue weighted by Gasteiger charge is 2.32. The van der Waals surface area contributed by atoms with Gasteiger partial charge >= 0.3 is 5.97 Å². The molecule has 1 N–H and O–H groups in total. The maximum atomic E-state index is 13.0. The molecule has 0 radical (unpaired) electrons. The lowest BCUT2D eigenvalue weighted by molar-refractivity contribution is -0.136. The number of hydrogen-bond donors (Lipinski definition) is 1. The molecule has 0 bridgehead atoms. The molecule has 7 heteroatoms. The Balaban J connectivity index is 1.20. The molecule has 6 nitrogen and oxygen atoms in total. The van der Waals surface area contributed by atoms with Crippen molar-refractivity contribution in [1.82, 2.24) is 4.90 Å². The number of carbonyl (C=O) groups is 2. The summed E-state index contributed by atoms with van der Waals surface area (Å²) < 4.78 is 6.02. The van der Waals surface area contributed by atoms with Crippen LogP contribution in [0.4, 0.5) is 5.69 Å². The summed E-state index contributed by atoms with van der Waals surface area (Å²) in [7, 11) is 0. The Bertz CT molecular complexity index is 1390. The fraction of sp³-hybridized carbons (Fsp3) is 0.303. The largest absolute Gasteiger partial charge is 0.489 e. The Kier molecular flexibility index (Phi) is 9.01. The summed E-state index contributed by atoms with van der Waals surface area (Å²) in [6.45, 7) is 2.94. The zero-order chi connectivity index (χ0) is 27.9. The standard InChI is InChI=1S/C33H34N2O4S/c1-2-35-32(38)30(40-33(35)34-28-16-10-24(11-17-28)21-31(36)37)20-23-12-18-29(19-13-23)39-22-25-8-14-27(15-9-25)26-6-4-3-5-7-26/h8-20,26H,2-7,21-22H2,1H3,(H,36,37)/b30-20-,34-33+. The van der Waals surface area contributed by atoms with Crippen LogP contribution in [-0.2, 0) is 22.6 Å². The number of ether oxygens (including phenoxy) is 1. The number of carbonyl (C=O) groups excluding carboxylic acids is 1. The quantitative estimate of drug-likeness (QED) is 0.276. The summed E-state index contributed by atoms with van der Waals surface area (Å²) in [6, 6.07) is 23.7. The van der Waals surface area contributed by atoms with Crippen molar-refractivity contribution in [2.45, 2.75) is 58.0 Å². The number of amidine groups is 1. The molecule has 1 saturated carbocycles. The van der Waals surface area contributed by atoms with Gasteiger partial charge in [0.2, 0.25) is 0 Å². The molecule has 206 valence electrons. The molecule has 40 heavy (non-hydrogen) atoms. The average molecular weight is 555 g/mol. The minimum absolute atomic E-state index is 0.0324. The smallest absolute Gasteiger partial charge is 0.307 e. The van der Waals surface area contributed by atoms with Crippen molar-refractivity contribution in [2.24, 2.45) is 4.99 Å². The Morgan fingerprint density at radius 1 is 0.975 bits per heavy atom. The molecule has 1 saturated heterocycles. The van der Waals surface area contributed by atoms with Gasteiger partial charge in [0.1, 0.15) is 12.4 Å². The number of amides is 1. The molecule has 0 aromatic heterocycles. The van der Waals surface area contributed by atoms with Crippen molar-refractivity contribution in [3.05, 3.63) is 100.0 Å². The zero-order valence-electron chi connectivity index (χ0n) is 22.7. The molecule has 0 unspecified atom stereocenters. The number of likely N-dealkylation sites (N-methyl/N-ethyl adjacent to an activating group) is 1. The number of aliphatic carboxylic acids is 1. The molecule has 0 atom stereocenters. The number of aliphatic imine (C=N–C) groups is 1. The average Bonchev–Trinajstić information content (AvgIpc) is 3.27. The lowest BCUT2D eigenvalue weighted by Gasteiger charge is -2.22. The first-order chi connectivity index (χ1) is 19.5. The van der Waals surface area contributed by atoms with Crippen LogP contribution in [0.25, 0.3) is 6.08 Å². The van der Waals surface area contributed by atoms with E-state index >= 15 is 0 Å². The van der Waals surface area contributed by atoms with E-state index in [1.807, 2.05) is 37.3 Å². The van der Waals surface area contributed by atoms with E-state index < -0.39 is 5.97 Å². The lowest BCUT2D eigenvalue weighted by atomic mass is 9.84. The molecule has 1 amide bonds. The van der Waals surface area contributed by atoms with Crippen LogP contribution in [-0.4, -0.2) is 33.6 Å². The van der Waals surface area contributed by atoms with Crippen LogP contribution in [0.3, 0.4) is 0 Å². The topological polar surface area (TPSA) is 79.2 Å². The first-order valence-corrected chi connectivity index (χ1v) is 14.7. The summed E-state index contributed by atoms with van der Waals surface area (Å²) in [4.78, 5) is 30.9. The summed E-state index contributed by atoms with van der Waals surface area (Å²) in [5.41, 5.74) is 4.90. The third-order valence-corrected chi connectivity index (χ3v) is 8.37. The monoisotopic (exact) mass is 554 g/mol. The van der Waals surface area contributed by atoms with Crippen LogP contribution in [0.15, 0.2) is 82.7 Å². The fourth-order valence-electron chi connectivity index (χ4n) is 5.14. The van der Waals surface area contributed by atoms with Gasteiger partial charge in [-0.15, -0.1) is 0 Å². The van der Waals surface area contributed by atoms with Crippen molar-refractivity contribution in [3.8, 4) is 5.75 Å². The van der Waals surface area contributed by atoms with Gasteiger partial charge in [0, 0.05) is 6.54 Å². The number of hydrogen-bond acceptors (Lipinski definition) is 5. The number of carboxylic acids is 1. The summed E-state index contributed by atoms with van der Waals surface area (Å²) >= 11 is 1.34. The molecule has 1 aliphatic heterocycles. The molecule has 3 aromatic carbocycles. The van der Waals surface area contributed by atoms with Crippen LogP contribution in [0, 0.1) is 0 Å². The first-order valence-electron chi connectivity index (χ1n) is 13.9. The molecule has 0 spiro atoms. The van der Waals surface area contributed by atoms with Crippen molar-refractivity contribution in [1.29, 1.82) is 0 Å². The van der Waals surface area contributed by atoms with Gasteiger partial charge in [-0.3, -0.25) is 14.5 Å². The van der Waals surface area contributed by atoms with E-state index in [-0.39, 0.29) is 12.3 Å². The molecule has 1 aliphatic carbocycles. The predicted octanol–water partition coefficient (Wildman–Crippen LogP) is 7.56. The second-order valence-electron chi connectivity index (χ2n) is 10.2. The minimum atomic E-state index is -0.873. The number of carboxylic acid groups (broad SMARTS) is 1. The third kappa shape index (κ3) is 7.02. The van der Waals surface area contributed by atoms with Crippen molar-refractivity contribution in [2.75, 3.05) is 6.54 Å². The molecule has 2 aliphatic rings. The number of benzene rings is 3. The van der Waals surface area contributed by atoms with E-state index in [0.29, 0.717) is 40.4 Å². The number of rotatable bonds is 9. The van der Waals surface area contributed by atoms with Gasteiger partial charge in [-0.1, -0.05) is 67.8 Å². The normalized spacial score (nSPS) is 18.0. The van der Waals surface area contributed by atoms with Crippen LogP contribution < -0.4 is 4.74 Å². The second-order valence-corrected chi connectivity index (χ2v) is 11.2. The summed E-state index contributed by atoms with van der Waals surface area (Å²) in [5, 5.41) is 9.57. The highest BCUT2D eigenvalue weighted by Crippen LogP contribution is 2.35.